The molecule has 0 radical (unpaired) electrons. The van der Waals surface area contributed by atoms with E-state index in [1.807, 2.05) is 0 Å². The van der Waals surface area contributed by atoms with E-state index in [0.717, 1.165) is 0 Å². The van der Waals surface area contributed by atoms with Crippen molar-refractivity contribution in [3.63, 3.8) is 0 Å². The van der Waals surface area contributed by atoms with Gasteiger partial charge in [-0.2, -0.15) is 5.10 Å². The molecule has 4 rings (SSSR count). The second kappa shape index (κ2) is 7.94. The summed E-state index contributed by atoms with van der Waals surface area (Å²) in [6.07, 6.45) is 3.49. The summed E-state index contributed by atoms with van der Waals surface area (Å²) in [5.74, 6) is -1.30. The van der Waals surface area contributed by atoms with Gasteiger partial charge < -0.3 is 10.4 Å². The zero-order valence-corrected chi connectivity index (χ0v) is 17.1. The molecular formula is C20H13Cl2N3O3S. The van der Waals surface area contributed by atoms with E-state index >= 15 is 0 Å². The zero-order chi connectivity index (χ0) is 20.5. The molecule has 146 valence electrons. The molecule has 0 saturated heterocycles. The predicted octanol–water partition coefficient (Wildman–Crippen LogP) is 4.47. The minimum Gasteiger partial charge on any atom is -0.478 e. The Bertz CT molecular complexity index is 1110. The molecule has 6 nitrogen and oxygen atoms in total. The zero-order valence-electron chi connectivity index (χ0n) is 14.7. The van der Waals surface area contributed by atoms with Crippen molar-refractivity contribution in [1.82, 2.24) is 10.3 Å². The van der Waals surface area contributed by atoms with Crippen molar-refractivity contribution in [3.8, 4) is 0 Å². The van der Waals surface area contributed by atoms with Gasteiger partial charge in [-0.05, 0) is 36.4 Å². The summed E-state index contributed by atoms with van der Waals surface area (Å²) in [6.45, 7) is 0.175. The first-order chi connectivity index (χ1) is 14.0. The van der Waals surface area contributed by atoms with E-state index in [0.29, 0.717) is 36.8 Å². The van der Waals surface area contributed by atoms with Crippen molar-refractivity contribution in [1.29, 1.82) is 0 Å². The number of allylic oxidation sites excluding steroid dienone is 1. The van der Waals surface area contributed by atoms with Crippen molar-refractivity contribution < 1.29 is 14.7 Å². The molecule has 2 heterocycles. The number of fused-ring (bicyclic) bond motifs is 1. The Morgan fingerprint density at radius 1 is 1.10 bits per heavy atom. The summed E-state index contributed by atoms with van der Waals surface area (Å²) in [6, 6.07) is 11.8. The van der Waals surface area contributed by atoms with E-state index in [1.54, 1.807) is 59.6 Å². The van der Waals surface area contributed by atoms with Crippen LogP contribution in [0.2, 0.25) is 10.0 Å². The summed E-state index contributed by atoms with van der Waals surface area (Å²) in [7, 11) is 0. The van der Waals surface area contributed by atoms with Crippen LogP contribution in [-0.4, -0.2) is 33.7 Å². The SMILES string of the molecule is O=C1NCN2N=C(Sc3ccccc3C(=O)O)C=CC2=C1c1c(Cl)cccc1Cl. The van der Waals surface area contributed by atoms with Gasteiger partial charge >= 0.3 is 5.97 Å². The van der Waals surface area contributed by atoms with Crippen LogP contribution < -0.4 is 5.32 Å². The quantitative estimate of drug-likeness (QED) is 0.728. The second-order valence-electron chi connectivity index (χ2n) is 6.10. The van der Waals surface area contributed by atoms with Crippen LogP contribution in [0.3, 0.4) is 0 Å². The van der Waals surface area contributed by atoms with Gasteiger partial charge in [-0.1, -0.05) is 53.2 Å². The maximum absolute atomic E-state index is 12.6. The number of benzene rings is 2. The highest BCUT2D eigenvalue weighted by atomic mass is 35.5. The molecule has 0 fully saturated rings. The van der Waals surface area contributed by atoms with Gasteiger partial charge in [0.2, 0.25) is 0 Å². The highest BCUT2D eigenvalue weighted by Gasteiger charge is 2.30. The molecule has 2 N–H and O–H groups in total. The van der Waals surface area contributed by atoms with E-state index in [9.17, 15) is 14.7 Å². The highest BCUT2D eigenvalue weighted by Crippen LogP contribution is 2.37. The van der Waals surface area contributed by atoms with E-state index in [2.05, 4.69) is 10.4 Å². The van der Waals surface area contributed by atoms with E-state index in [1.165, 1.54) is 11.8 Å². The van der Waals surface area contributed by atoms with Crippen molar-refractivity contribution in [3.05, 3.63) is 81.5 Å². The minimum absolute atomic E-state index is 0.175. The molecule has 0 aromatic heterocycles. The van der Waals surface area contributed by atoms with Crippen LogP contribution in [0.5, 0.6) is 0 Å². The van der Waals surface area contributed by atoms with Crippen LogP contribution in [0.1, 0.15) is 15.9 Å². The fourth-order valence-electron chi connectivity index (χ4n) is 3.00. The first kappa shape index (κ1) is 19.6. The molecule has 29 heavy (non-hydrogen) atoms. The molecule has 0 unspecified atom stereocenters. The number of carboxylic acid groups (broad SMARTS) is 1. The van der Waals surface area contributed by atoms with Crippen LogP contribution >= 0.6 is 35.0 Å². The lowest BCUT2D eigenvalue weighted by atomic mass is 10.0. The normalized spacial score (nSPS) is 15.7. The molecule has 0 atom stereocenters. The van der Waals surface area contributed by atoms with Gasteiger partial charge in [-0.3, -0.25) is 4.79 Å². The average Bonchev–Trinajstić information content (AvgIpc) is 2.69. The number of carbonyl (C=O) groups excluding carboxylic acids is 1. The molecule has 0 aliphatic carbocycles. The third kappa shape index (κ3) is 3.76. The molecule has 1 amide bonds. The van der Waals surface area contributed by atoms with Gasteiger partial charge in [0.15, 0.2) is 0 Å². The standard InChI is InChI=1S/C20H13Cl2N3O3S/c21-12-5-3-6-13(22)17(12)18-14-8-9-16(24-25(14)10-23-19(18)26)29-15-7-2-1-4-11(15)20(27)28/h1-9H,10H2,(H,23,26)(H,27,28). The maximum atomic E-state index is 12.6. The first-order valence-corrected chi connectivity index (χ1v) is 10.0. The number of carbonyl (C=O) groups is 2. The molecule has 2 aromatic rings. The number of thioether (sulfide) groups is 1. The van der Waals surface area contributed by atoms with Gasteiger partial charge in [0.25, 0.3) is 5.91 Å². The van der Waals surface area contributed by atoms with Crippen molar-refractivity contribution in [2.75, 3.05) is 6.67 Å². The van der Waals surface area contributed by atoms with Crippen LogP contribution in [0, 0.1) is 0 Å². The number of hydrazone groups is 1. The minimum atomic E-state index is -1.00. The van der Waals surface area contributed by atoms with Crippen molar-refractivity contribution >= 4 is 57.5 Å². The van der Waals surface area contributed by atoms with Crippen LogP contribution in [-0.2, 0) is 4.79 Å². The lowest BCUT2D eigenvalue weighted by Gasteiger charge is -2.31. The Hall–Kier alpha value is -2.74. The van der Waals surface area contributed by atoms with E-state index in [4.69, 9.17) is 23.2 Å². The molecule has 2 aliphatic rings. The summed E-state index contributed by atoms with van der Waals surface area (Å²) < 4.78 is 0. The van der Waals surface area contributed by atoms with E-state index < -0.39 is 5.97 Å². The maximum Gasteiger partial charge on any atom is 0.336 e. The number of amides is 1. The monoisotopic (exact) mass is 445 g/mol. The molecule has 0 bridgehead atoms. The Morgan fingerprint density at radius 2 is 1.83 bits per heavy atom. The topological polar surface area (TPSA) is 82.0 Å². The average molecular weight is 446 g/mol. The van der Waals surface area contributed by atoms with Gasteiger partial charge in [-0.15, -0.1) is 0 Å². The molecule has 0 saturated carbocycles. The Kier molecular flexibility index (Phi) is 5.36. The molecule has 2 aromatic carbocycles. The van der Waals surface area contributed by atoms with Crippen LogP contribution in [0.4, 0.5) is 0 Å². The molecule has 9 heteroatoms. The number of hydrogen-bond donors (Lipinski definition) is 2. The van der Waals surface area contributed by atoms with Gasteiger partial charge in [0, 0.05) is 10.5 Å². The Balaban J connectivity index is 1.72. The smallest absolute Gasteiger partial charge is 0.336 e. The number of nitrogens with zero attached hydrogens (tertiary/aromatic N) is 2. The molecular weight excluding hydrogens is 433 g/mol. The fourth-order valence-corrected chi connectivity index (χ4v) is 4.50. The molecule has 2 aliphatic heterocycles. The number of rotatable bonds is 3. The lowest BCUT2D eigenvalue weighted by Crippen LogP contribution is -2.42. The number of halogens is 2. The second-order valence-corrected chi connectivity index (χ2v) is 7.97. The fraction of sp³-hybridized carbons (Fsp3) is 0.0500. The van der Waals surface area contributed by atoms with Crippen LogP contribution in [0.25, 0.3) is 5.57 Å². The highest BCUT2D eigenvalue weighted by molar-refractivity contribution is 8.14. The van der Waals surface area contributed by atoms with Crippen LogP contribution in [0.15, 0.2) is 70.3 Å². The number of aromatic carboxylic acids is 1. The predicted molar refractivity (Wildman–Crippen MR) is 114 cm³/mol. The van der Waals surface area contributed by atoms with Gasteiger partial charge in [0.05, 0.1) is 26.9 Å². The number of carboxylic acids is 1. The molecule has 0 spiro atoms. The largest absolute Gasteiger partial charge is 0.478 e. The van der Waals surface area contributed by atoms with Crippen molar-refractivity contribution in [2.24, 2.45) is 5.10 Å². The Labute approximate surface area is 180 Å². The Morgan fingerprint density at radius 3 is 2.55 bits per heavy atom. The summed E-state index contributed by atoms with van der Waals surface area (Å²) >= 11 is 13.8. The van der Waals surface area contributed by atoms with Gasteiger partial charge in [-0.25, -0.2) is 9.80 Å². The number of nitrogens with one attached hydrogen (secondary N) is 1. The summed E-state index contributed by atoms with van der Waals surface area (Å²) in [5, 5.41) is 19.6. The van der Waals surface area contributed by atoms with Gasteiger partial charge in [0.1, 0.15) is 11.7 Å². The van der Waals surface area contributed by atoms with Crippen molar-refractivity contribution in [2.45, 2.75) is 4.90 Å². The third-order valence-electron chi connectivity index (χ3n) is 4.30. The summed E-state index contributed by atoms with van der Waals surface area (Å²) in [5.41, 5.74) is 1.55. The first-order valence-electron chi connectivity index (χ1n) is 8.47. The summed E-state index contributed by atoms with van der Waals surface area (Å²) in [4.78, 5) is 24.6. The van der Waals surface area contributed by atoms with E-state index in [-0.39, 0.29) is 18.1 Å². The lowest BCUT2D eigenvalue weighted by molar-refractivity contribution is -0.116. The third-order valence-corrected chi connectivity index (χ3v) is 5.93. The number of hydrogen-bond acceptors (Lipinski definition) is 5.